The number of hydrogen-bond acceptors (Lipinski definition) is 4. The van der Waals surface area contributed by atoms with Gasteiger partial charge < -0.3 is 10.2 Å². The smallest absolute Gasteiger partial charge is 0.251 e. The van der Waals surface area contributed by atoms with Gasteiger partial charge in [-0.2, -0.15) is 4.31 Å². The lowest BCUT2D eigenvalue weighted by Crippen LogP contribution is -2.41. The Morgan fingerprint density at radius 2 is 1.72 bits per heavy atom. The van der Waals surface area contributed by atoms with Crippen molar-refractivity contribution < 1.29 is 13.2 Å². The average Bonchev–Trinajstić information content (AvgIpc) is 2.72. The summed E-state index contributed by atoms with van der Waals surface area (Å²) in [6, 6.07) is 14.2. The number of benzene rings is 2. The second-order valence-corrected chi connectivity index (χ2v) is 9.62. The number of rotatable bonds is 6. The number of carbonyl (C=O) groups is 1. The molecule has 29 heavy (non-hydrogen) atoms. The van der Waals surface area contributed by atoms with E-state index in [9.17, 15) is 13.2 Å². The van der Waals surface area contributed by atoms with E-state index in [1.165, 1.54) is 12.1 Å². The largest absolute Gasteiger partial charge is 0.378 e. The maximum Gasteiger partial charge on any atom is 0.251 e. The fourth-order valence-electron chi connectivity index (χ4n) is 3.54. The molecule has 1 aliphatic heterocycles. The molecule has 1 heterocycles. The zero-order valence-electron chi connectivity index (χ0n) is 17.3. The van der Waals surface area contributed by atoms with Crippen molar-refractivity contribution in [3.8, 4) is 0 Å². The molecule has 0 radical (unpaired) electrons. The van der Waals surface area contributed by atoms with Crippen LogP contribution in [0.2, 0.25) is 0 Å². The first-order valence-electron chi connectivity index (χ1n) is 9.95. The molecule has 156 valence electrons. The molecule has 6 nitrogen and oxygen atoms in total. The van der Waals surface area contributed by atoms with E-state index < -0.39 is 10.0 Å². The topological polar surface area (TPSA) is 69.7 Å². The molecule has 1 unspecified atom stereocenters. The van der Waals surface area contributed by atoms with Crippen LogP contribution in [0.3, 0.4) is 0 Å². The van der Waals surface area contributed by atoms with Crippen molar-refractivity contribution in [2.24, 2.45) is 0 Å². The fourth-order valence-corrected chi connectivity index (χ4v) is 5.24. The number of sulfonamides is 1. The summed E-state index contributed by atoms with van der Waals surface area (Å²) < 4.78 is 27.3. The SMILES string of the molecule is CC1CCCCN1S(=O)(=O)c1ccc(C(=O)NCc2ccc(N(C)C)cc2)cc1. The summed E-state index contributed by atoms with van der Waals surface area (Å²) in [6.45, 7) is 2.92. The van der Waals surface area contributed by atoms with Crippen LogP contribution in [0.4, 0.5) is 5.69 Å². The van der Waals surface area contributed by atoms with Gasteiger partial charge in [-0.05, 0) is 61.7 Å². The predicted octanol–water partition coefficient (Wildman–Crippen LogP) is 3.25. The third kappa shape index (κ3) is 4.97. The Balaban J connectivity index is 1.64. The highest BCUT2D eigenvalue weighted by molar-refractivity contribution is 7.89. The Morgan fingerprint density at radius 3 is 2.31 bits per heavy atom. The number of carbonyl (C=O) groups excluding carboxylic acids is 1. The molecule has 1 aliphatic rings. The van der Waals surface area contributed by atoms with Gasteiger partial charge in [0.15, 0.2) is 0 Å². The lowest BCUT2D eigenvalue weighted by atomic mass is 10.1. The molecule has 1 atom stereocenters. The van der Waals surface area contributed by atoms with E-state index in [0.717, 1.165) is 30.5 Å². The maximum atomic E-state index is 12.9. The van der Waals surface area contributed by atoms with E-state index in [-0.39, 0.29) is 16.8 Å². The molecular weight excluding hydrogens is 386 g/mol. The quantitative estimate of drug-likeness (QED) is 0.786. The summed E-state index contributed by atoms with van der Waals surface area (Å²) >= 11 is 0. The van der Waals surface area contributed by atoms with E-state index in [4.69, 9.17) is 0 Å². The van der Waals surface area contributed by atoms with Gasteiger partial charge in [-0.15, -0.1) is 0 Å². The molecule has 0 bridgehead atoms. The monoisotopic (exact) mass is 415 g/mol. The second-order valence-electron chi connectivity index (χ2n) is 7.73. The number of amides is 1. The minimum Gasteiger partial charge on any atom is -0.378 e. The fraction of sp³-hybridized carbons (Fsp3) is 0.409. The first-order valence-corrected chi connectivity index (χ1v) is 11.4. The van der Waals surface area contributed by atoms with E-state index in [1.54, 1.807) is 16.4 Å². The van der Waals surface area contributed by atoms with E-state index in [0.29, 0.717) is 18.7 Å². The number of hydrogen-bond donors (Lipinski definition) is 1. The van der Waals surface area contributed by atoms with Crippen LogP contribution in [0.1, 0.15) is 42.1 Å². The van der Waals surface area contributed by atoms with E-state index >= 15 is 0 Å². The van der Waals surface area contributed by atoms with Crippen LogP contribution >= 0.6 is 0 Å². The van der Waals surface area contributed by atoms with Crippen molar-refractivity contribution in [1.82, 2.24) is 9.62 Å². The van der Waals surface area contributed by atoms with Gasteiger partial charge in [0.2, 0.25) is 10.0 Å². The third-order valence-electron chi connectivity index (χ3n) is 5.37. The Hall–Kier alpha value is -2.38. The molecule has 0 aromatic heterocycles. The molecule has 0 spiro atoms. The van der Waals surface area contributed by atoms with Crippen LogP contribution in [0.15, 0.2) is 53.4 Å². The Bertz CT molecular complexity index is 938. The van der Waals surface area contributed by atoms with Gasteiger partial charge >= 0.3 is 0 Å². The molecule has 0 saturated carbocycles. The van der Waals surface area contributed by atoms with E-state index in [1.807, 2.05) is 50.2 Å². The highest BCUT2D eigenvalue weighted by Crippen LogP contribution is 2.25. The van der Waals surface area contributed by atoms with Gasteiger partial charge in [-0.3, -0.25) is 4.79 Å². The molecule has 7 heteroatoms. The lowest BCUT2D eigenvalue weighted by molar-refractivity contribution is 0.0951. The molecular formula is C22H29N3O3S. The summed E-state index contributed by atoms with van der Waals surface area (Å²) in [5, 5.41) is 2.88. The molecule has 3 rings (SSSR count). The van der Waals surface area contributed by atoms with Crippen LogP contribution in [0.5, 0.6) is 0 Å². The highest BCUT2D eigenvalue weighted by Gasteiger charge is 2.30. The van der Waals surface area contributed by atoms with Crippen molar-refractivity contribution in [2.75, 3.05) is 25.5 Å². The Labute approximate surface area is 173 Å². The number of anilines is 1. The van der Waals surface area contributed by atoms with E-state index in [2.05, 4.69) is 5.32 Å². The van der Waals surface area contributed by atoms with Gasteiger partial charge in [0, 0.05) is 44.5 Å². The predicted molar refractivity (Wildman–Crippen MR) is 116 cm³/mol. The van der Waals surface area contributed by atoms with Crippen LogP contribution in [-0.2, 0) is 16.6 Å². The minimum atomic E-state index is -3.52. The number of nitrogens with zero attached hydrogens (tertiary/aromatic N) is 2. The zero-order chi connectivity index (χ0) is 21.0. The molecule has 1 saturated heterocycles. The molecule has 1 fully saturated rings. The normalized spacial score (nSPS) is 17.7. The van der Waals surface area contributed by atoms with Gasteiger partial charge in [0.05, 0.1) is 4.90 Å². The van der Waals surface area contributed by atoms with Gasteiger partial charge in [-0.25, -0.2) is 8.42 Å². The average molecular weight is 416 g/mol. The standard InChI is InChI=1S/C22H29N3O3S/c1-17-6-4-5-15-25(17)29(27,28)21-13-9-19(10-14-21)22(26)23-16-18-7-11-20(12-8-18)24(2)3/h7-14,17H,4-6,15-16H2,1-3H3,(H,23,26). The second kappa shape index (κ2) is 8.97. The molecule has 0 aliphatic carbocycles. The molecule has 2 aromatic rings. The maximum absolute atomic E-state index is 12.9. The van der Waals surface area contributed by atoms with Crippen molar-refractivity contribution in [2.45, 2.75) is 43.7 Å². The summed E-state index contributed by atoms with van der Waals surface area (Å²) in [5.74, 6) is -0.225. The highest BCUT2D eigenvalue weighted by atomic mass is 32.2. The van der Waals surface area contributed by atoms with Crippen molar-refractivity contribution in [3.05, 3.63) is 59.7 Å². The minimum absolute atomic E-state index is 0.00982. The van der Waals surface area contributed by atoms with Crippen LogP contribution in [0.25, 0.3) is 0 Å². The van der Waals surface area contributed by atoms with Gasteiger partial charge in [0.1, 0.15) is 0 Å². The Kier molecular flexibility index (Phi) is 6.59. The molecule has 2 aromatic carbocycles. The van der Waals surface area contributed by atoms with Gasteiger partial charge in [0.25, 0.3) is 5.91 Å². The molecule has 1 amide bonds. The van der Waals surface area contributed by atoms with Crippen LogP contribution in [-0.4, -0.2) is 45.3 Å². The first-order chi connectivity index (χ1) is 13.8. The first kappa shape index (κ1) is 21.3. The van der Waals surface area contributed by atoms with Crippen LogP contribution < -0.4 is 10.2 Å². The Morgan fingerprint density at radius 1 is 1.07 bits per heavy atom. The third-order valence-corrected chi connectivity index (χ3v) is 7.40. The molecule has 1 N–H and O–H groups in total. The van der Waals surface area contributed by atoms with Crippen molar-refractivity contribution >= 4 is 21.6 Å². The van der Waals surface area contributed by atoms with Crippen molar-refractivity contribution in [3.63, 3.8) is 0 Å². The summed E-state index contributed by atoms with van der Waals surface area (Å²) in [6.07, 6.45) is 2.83. The zero-order valence-corrected chi connectivity index (χ0v) is 18.1. The lowest BCUT2D eigenvalue weighted by Gasteiger charge is -2.32. The summed E-state index contributed by atoms with van der Waals surface area (Å²) in [5.41, 5.74) is 2.54. The van der Waals surface area contributed by atoms with Crippen LogP contribution in [0, 0.1) is 0 Å². The van der Waals surface area contributed by atoms with Gasteiger partial charge in [-0.1, -0.05) is 18.6 Å². The summed E-state index contributed by atoms with van der Waals surface area (Å²) in [4.78, 5) is 14.7. The van der Waals surface area contributed by atoms with Crippen molar-refractivity contribution in [1.29, 1.82) is 0 Å². The number of piperidine rings is 1. The number of nitrogens with one attached hydrogen (secondary N) is 1. The summed E-state index contributed by atoms with van der Waals surface area (Å²) in [7, 11) is 0.435.